The van der Waals surface area contributed by atoms with Gasteiger partial charge in [0.1, 0.15) is 17.6 Å². The summed E-state index contributed by atoms with van der Waals surface area (Å²) in [6.07, 6.45) is 11.9. The number of ether oxygens (including phenoxy) is 1. The van der Waals surface area contributed by atoms with Gasteiger partial charge in [-0.1, -0.05) is 43.2 Å². The monoisotopic (exact) mass is 553 g/mol. The maximum Gasteiger partial charge on any atom is 0.317 e. The van der Waals surface area contributed by atoms with Gasteiger partial charge in [-0.2, -0.15) is 0 Å². The molecule has 0 aromatic heterocycles. The number of rotatable bonds is 14. The molecule has 9 heteroatoms. The Labute approximate surface area is 234 Å². The van der Waals surface area contributed by atoms with Crippen molar-refractivity contribution in [3.05, 3.63) is 47.1 Å². The molecule has 4 bridgehead atoms. The van der Waals surface area contributed by atoms with E-state index >= 15 is 0 Å². The highest BCUT2D eigenvalue weighted by Gasteiger charge is 2.64. The lowest BCUT2D eigenvalue weighted by atomic mass is 9.62. The normalized spacial score (nSPS) is 29.9. The third kappa shape index (κ3) is 5.61. The second-order valence-corrected chi connectivity index (χ2v) is 11.3. The van der Waals surface area contributed by atoms with Gasteiger partial charge >= 0.3 is 11.9 Å². The van der Waals surface area contributed by atoms with Crippen LogP contribution >= 0.6 is 0 Å². The minimum Gasteiger partial charge on any atom is -0.481 e. The van der Waals surface area contributed by atoms with E-state index in [1.165, 1.54) is 0 Å². The van der Waals surface area contributed by atoms with Gasteiger partial charge in [0.05, 0.1) is 6.42 Å². The fourth-order valence-electron chi connectivity index (χ4n) is 6.97. The van der Waals surface area contributed by atoms with Crippen molar-refractivity contribution in [1.82, 2.24) is 5.32 Å². The van der Waals surface area contributed by atoms with Crippen LogP contribution in [0.15, 0.2) is 47.1 Å². The molecule has 1 unspecified atom stereocenters. The number of hydrogen-bond acceptors (Lipinski definition) is 7. The number of carboxylic acid groups (broad SMARTS) is 1. The number of allylic oxidation sites excluding steroid dienone is 5. The van der Waals surface area contributed by atoms with Crippen LogP contribution in [0, 0.1) is 23.2 Å². The average molecular weight is 554 g/mol. The van der Waals surface area contributed by atoms with E-state index in [4.69, 9.17) is 4.74 Å². The summed E-state index contributed by atoms with van der Waals surface area (Å²) in [4.78, 5) is 64.2. The van der Waals surface area contributed by atoms with Crippen molar-refractivity contribution >= 4 is 29.5 Å². The number of esters is 1. The maximum atomic E-state index is 13.4. The van der Waals surface area contributed by atoms with Gasteiger partial charge in [0.15, 0.2) is 5.78 Å². The Hall–Kier alpha value is -3.33. The zero-order valence-electron chi connectivity index (χ0n) is 23.2. The van der Waals surface area contributed by atoms with Crippen molar-refractivity contribution in [2.24, 2.45) is 23.2 Å². The molecule has 4 aliphatic rings. The molecule has 2 amide bonds. The van der Waals surface area contributed by atoms with E-state index in [9.17, 15) is 34.2 Å². The van der Waals surface area contributed by atoms with Crippen molar-refractivity contribution in [3.8, 4) is 0 Å². The maximum absolute atomic E-state index is 13.4. The van der Waals surface area contributed by atoms with Gasteiger partial charge in [-0.15, -0.1) is 0 Å². The number of Topliss-reactive ketones (excluding diaryl/α,β-unsaturated/α-hetero) is 1. The number of carbonyl (C=O) groups excluding carboxylic acids is 4. The summed E-state index contributed by atoms with van der Waals surface area (Å²) < 4.78 is 5.82. The molecule has 0 saturated carbocycles. The summed E-state index contributed by atoms with van der Waals surface area (Å²) in [5.41, 5.74) is -0.725. The fraction of sp³-hybridized carbons (Fsp3) is 0.581. The zero-order chi connectivity index (χ0) is 29.0. The number of nitrogens with one attached hydrogen (secondary N) is 1. The van der Waals surface area contributed by atoms with Gasteiger partial charge in [0.25, 0.3) is 11.8 Å². The molecule has 0 aromatic rings. The second kappa shape index (κ2) is 12.5. The second-order valence-electron chi connectivity index (χ2n) is 11.3. The highest BCUT2D eigenvalue weighted by Crippen LogP contribution is 2.59. The Bertz CT molecular complexity index is 1190. The average Bonchev–Trinajstić information content (AvgIpc) is 3.28. The van der Waals surface area contributed by atoms with Crippen LogP contribution in [-0.4, -0.2) is 52.0 Å². The van der Waals surface area contributed by atoms with Crippen molar-refractivity contribution in [2.45, 2.75) is 90.3 Å². The first kappa shape index (κ1) is 29.6. The van der Waals surface area contributed by atoms with E-state index in [1.807, 2.05) is 38.2 Å². The van der Waals surface area contributed by atoms with Crippen LogP contribution in [0.1, 0.15) is 78.1 Å². The molecule has 4 rings (SSSR count). The lowest BCUT2D eigenvalue weighted by molar-refractivity contribution is -0.155. The Morgan fingerprint density at radius 1 is 1.10 bits per heavy atom. The van der Waals surface area contributed by atoms with Gasteiger partial charge in [0.2, 0.25) is 0 Å². The number of amides is 2. The molecule has 2 aliphatic carbocycles. The van der Waals surface area contributed by atoms with Crippen LogP contribution in [0.2, 0.25) is 0 Å². The zero-order valence-corrected chi connectivity index (χ0v) is 23.2. The van der Waals surface area contributed by atoms with Gasteiger partial charge in [0, 0.05) is 23.5 Å². The lowest BCUT2D eigenvalue weighted by Crippen LogP contribution is -2.43. The number of aliphatic hydroxyl groups is 1. The summed E-state index contributed by atoms with van der Waals surface area (Å²) in [6, 6.07) is 0. The van der Waals surface area contributed by atoms with Crippen molar-refractivity contribution in [3.63, 3.8) is 0 Å². The molecular weight excluding hydrogens is 514 g/mol. The summed E-state index contributed by atoms with van der Waals surface area (Å²) >= 11 is 0. The summed E-state index contributed by atoms with van der Waals surface area (Å²) in [7, 11) is 0. The van der Waals surface area contributed by atoms with E-state index in [0.29, 0.717) is 18.4 Å². The predicted molar refractivity (Wildman–Crippen MR) is 145 cm³/mol. The number of hydrogen-bond donors (Lipinski definition) is 3. The van der Waals surface area contributed by atoms with Crippen LogP contribution in [0.5, 0.6) is 0 Å². The summed E-state index contributed by atoms with van der Waals surface area (Å²) in [5.74, 6) is -4.88. The molecular formula is C31H39NO8. The third-order valence-electron chi connectivity index (χ3n) is 8.85. The van der Waals surface area contributed by atoms with Crippen LogP contribution in [0.3, 0.4) is 0 Å². The topological polar surface area (TPSA) is 147 Å². The first-order valence-corrected chi connectivity index (χ1v) is 14.3. The highest BCUT2D eigenvalue weighted by atomic mass is 16.6. The molecule has 0 aromatic carbocycles. The standard InChI is InChI=1S/C31H39NO8/c1-3-5-7-8-9-11-12-18-14-21-27-25(19(18)15-23(34)22(33)13-10-6-4-2)26-20(28(37)32-29(26)38)16-31(21,17-24(35)36)30(39)40-27/h3-6,14,18-19,23,25,27,34H,7-13,15-17H2,1-2H3,(H,35,36)(H,32,37,38)/b5-3+,6-4+/t18-,19+,23?,25-,27+,31-/m1/s1. The number of ketones is 1. The minimum atomic E-state index is -1.57. The van der Waals surface area contributed by atoms with Gasteiger partial charge in [-0.05, 0) is 69.8 Å². The number of imide groups is 1. The van der Waals surface area contributed by atoms with Crippen molar-refractivity contribution in [1.29, 1.82) is 0 Å². The lowest BCUT2D eigenvalue weighted by Gasteiger charge is -2.41. The molecule has 0 spiro atoms. The minimum absolute atomic E-state index is 0.0462. The Morgan fingerprint density at radius 2 is 1.82 bits per heavy atom. The molecule has 3 N–H and O–H groups in total. The fourth-order valence-corrected chi connectivity index (χ4v) is 6.97. The van der Waals surface area contributed by atoms with E-state index in [0.717, 1.165) is 25.7 Å². The molecule has 2 aliphatic heterocycles. The molecule has 0 radical (unpaired) electrons. The number of carboxylic acids is 1. The molecule has 9 nitrogen and oxygen atoms in total. The van der Waals surface area contributed by atoms with Crippen LogP contribution in [0.4, 0.5) is 0 Å². The highest BCUT2D eigenvalue weighted by molar-refractivity contribution is 6.20. The Kier molecular flexibility index (Phi) is 9.23. The van der Waals surface area contributed by atoms with Crippen molar-refractivity contribution < 1.29 is 38.9 Å². The molecule has 2 heterocycles. The SMILES string of the molecule is C/C=C/CCCCC[C@@H]1C=C2[C@@H]3OC(=O)[C@@]2(CC(=O)O)CC2=C(C(=O)NC2=O)[C@H]3[C@H]1CC(O)C(=O)CC/C=C/C. The Balaban J connectivity index is 1.75. The molecule has 216 valence electrons. The first-order valence-electron chi connectivity index (χ1n) is 14.3. The predicted octanol–water partition coefficient (Wildman–Crippen LogP) is 3.72. The third-order valence-corrected chi connectivity index (χ3v) is 8.85. The number of unbranched alkanes of at least 4 members (excludes halogenated alkanes) is 3. The molecule has 40 heavy (non-hydrogen) atoms. The van der Waals surface area contributed by atoms with E-state index < -0.39 is 59.6 Å². The van der Waals surface area contributed by atoms with Crippen LogP contribution in [0.25, 0.3) is 0 Å². The number of aliphatic carboxylic acids is 1. The number of aliphatic hydroxyl groups excluding tert-OH is 1. The number of carbonyl (C=O) groups is 5. The van der Waals surface area contributed by atoms with Gasteiger partial charge < -0.3 is 14.9 Å². The quantitative estimate of drug-likeness (QED) is 0.128. The first-order chi connectivity index (χ1) is 19.1. The largest absolute Gasteiger partial charge is 0.481 e. The number of fused-ring (bicyclic) bond motifs is 1. The summed E-state index contributed by atoms with van der Waals surface area (Å²) in [5, 5.41) is 23.1. The summed E-state index contributed by atoms with van der Waals surface area (Å²) in [6.45, 7) is 3.83. The van der Waals surface area contributed by atoms with E-state index in [-0.39, 0.29) is 42.1 Å². The smallest absolute Gasteiger partial charge is 0.317 e. The molecule has 6 atom stereocenters. The Morgan fingerprint density at radius 3 is 2.52 bits per heavy atom. The van der Waals surface area contributed by atoms with Crippen LogP contribution < -0.4 is 5.32 Å². The van der Waals surface area contributed by atoms with Crippen LogP contribution in [-0.2, 0) is 28.7 Å². The van der Waals surface area contributed by atoms with Crippen molar-refractivity contribution in [2.75, 3.05) is 0 Å². The van der Waals surface area contributed by atoms with E-state index in [2.05, 4.69) is 11.4 Å². The van der Waals surface area contributed by atoms with E-state index in [1.54, 1.807) is 0 Å². The molecule has 1 saturated heterocycles. The molecule has 1 fully saturated rings. The van der Waals surface area contributed by atoms with Gasteiger partial charge in [-0.25, -0.2) is 0 Å². The van der Waals surface area contributed by atoms with Gasteiger partial charge in [-0.3, -0.25) is 29.3 Å².